The number of hydrogen-bond donors (Lipinski definition) is 1. The molecular weight excluding hydrogens is 300 g/mol. The second kappa shape index (κ2) is 6.25. The minimum Gasteiger partial charge on any atom is -0.324 e. The number of amides is 1. The van der Waals surface area contributed by atoms with E-state index in [0.717, 1.165) is 5.56 Å². The maximum absolute atomic E-state index is 12.8. The van der Waals surface area contributed by atoms with E-state index in [-0.39, 0.29) is 18.1 Å². The molecule has 0 fully saturated rings. The largest absolute Gasteiger partial charge is 0.324 e. The lowest BCUT2D eigenvalue weighted by atomic mass is 10.1. The molecule has 2 aromatic rings. The van der Waals surface area contributed by atoms with E-state index in [2.05, 4.69) is 5.32 Å². The third kappa shape index (κ3) is 3.50. The van der Waals surface area contributed by atoms with Gasteiger partial charge in [0.25, 0.3) is 0 Å². The monoisotopic (exact) mass is 311 g/mol. The Bertz CT molecular complexity index is 641. The van der Waals surface area contributed by atoms with Crippen LogP contribution in [-0.4, -0.2) is 5.91 Å². The predicted octanol–water partition coefficient (Wildman–Crippen LogP) is 4.62. The molecular formula is C15H12Cl2FNO. The van der Waals surface area contributed by atoms with Crippen molar-refractivity contribution in [1.29, 1.82) is 0 Å². The fourth-order valence-electron chi connectivity index (χ4n) is 1.74. The fourth-order valence-corrected chi connectivity index (χ4v) is 2.16. The summed E-state index contributed by atoms with van der Waals surface area (Å²) in [5.41, 5.74) is 1.96. The summed E-state index contributed by atoms with van der Waals surface area (Å²) in [6.07, 6.45) is 0.151. The highest BCUT2D eigenvalue weighted by atomic mass is 35.5. The van der Waals surface area contributed by atoms with Crippen LogP contribution < -0.4 is 5.32 Å². The lowest BCUT2D eigenvalue weighted by molar-refractivity contribution is -0.115. The van der Waals surface area contributed by atoms with Crippen molar-refractivity contribution in [2.45, 2.75) is 13.3 Å². The number of anilines is 1. The van der Waals surface area contributed by atoms with Crippen molar-refractivity contribution in [3.05, 3.63) is 63.4 Å². The topological polar surface area (TPSA) is 29.1 Å². The van der Waals surface area contributed by atoms with E-state index in [1.54, 1.807) is 31.2 Å². The summed E-state index contributed by atoms with van der Waals surface area (Å²) in [4.78, 5) is 11.9. The summed E-state index contributed by atoms with van der Waals surface area (Å²) < 4.78 is 12.8. The van der Waals surface area contributed by atoms with Crippen molar-refractivity contribution in [3.63, 3.8) is 0 Å². The second-order valence-corrected chi connectivity index (χ2v) is 5.17. The zero-order chi connectivity index (χ0) is 14.7. The molecule has 1 amide bonds. The number of nitrogens with one attached hydrogen (secondary N) is 1. The van der Waals surface area contributed by atoms with Gasteiger partial charge in [0.15, 0.2) is 0 Å². The van der Waals surface area contributed by atoms with E-state index in [1.807, 2.05) is 0 Å². The molecule has 0 aromatic heterocycles. The third-order valence-electron chi connectivity index (χ3n) is 2.87. The molecule has 0 unspecified atom stereocenters. The average molecular weight is 312 g/mol. The molecule has 0 atom stereocenters. The van der Waals surface area contributed by atoms with Gasteiger partial charge in [0.05, 0.1) is 17.1 Å². The fraction of sp³-hybridized carbons (Fsp3) is 0.133. The van der Waals surface area contributed by atoms with Crippen LogP contribution in [0.4, 0.5) is 10.1 Å². The molecule has 0 saturated heterocycles. The molecule has 2 aromatic carbocycles. The first kappa shape index (κ1) is 14.8. The molecule has 0 heterocycles. The van der Waals surface area contributed by atoms with Crippen LogP contribution in [0.15, 0.2) is 36.4 Å². The standard InChI is InChI=1S/C15H12Cl2FNO/c1-9-12(16)6-7-13(15(9)17)19-14(20)8-10-2-4-11(18)5-3-10/h2-7H,8H2,1H3,(H,19,20). The number of benzene rings is 2. The van der Waals surface area contributed by atoms with Gasteiger partial charge in [-0.05, 0) is 42.3 Å². The molecule has 104 valence electrons. The first-order chi connectivity index (χ1) is 9.47. The van der Waals surface area contributed by atoms with E-state index >= 15 is 0 Å². The van der Waals surface area contributed by atoms with Crippen LogP contribution in [0.3, 0.4) is 0 Å². The molecule has 0 bridgehead atoms. The number of hydrogen-bond acceptors (Lipinski definition) is 1. The van der Waals surface area contributed by atoms with Gasteiger partial charge in [0.2, 0.25) is 5.91 Å². The Morgan fingerprint density at radius 2 is 1.80 bits per heavy atom. The summed E-state index contributed by atoms with van der Waals surface area (Å²) >= 11 is 12.1. The third-order valence-corrected chi connectivity index (χ3v) is 3.77. The SMILES string of the molecule is Cc1c(Cl)ccc(NC(=O)Cc2ccc(F)cc2)c1Cl. The van der Waals surface area contributed by atoms with Gasteiger partial charge >= 0.3 is 0 Å². The lowest BCUT2D eigenvalue weighted by Crippen LogP contribution is -2.14. The van der Waals surface area contributed by atoms with Crippen molar-refractivity contribution < 1.29 is 9.18 Å². The van der Waals surface area contributed by atoms with Crippen molar-refractivity contribution in [3.8, 4) is 0 Å². The summed E-state index contributed by atoms with van der Waals surface area (Å²) in [5, 5.41) is 3.69. The van der Waals surface area contributed by atoms with E-state index < -0.39 is 0 Å². The highest BCUT2D eigenvalue weighted by molar-refractivity contribution is 6.38. The van der Waals surface area contributed by atoms with E-state index in [1.165, 1.54) is 12.1 Å². The van der Waals surface area contributed by atoms with Crippen LogP contribution in [0.25, 0.3) is 0 Å². The number of rotatable bonds is 3. The van der Waals surface area contributed by atoms with Crippen LogP contribution in [-0.2, 0) is 11.2 Å². The van der Waals surface area contributed by atoms with Gasteiger partial charge in [-0.3, -0.25) is 4.79 Å². The first-order valence-electron chi connectivity index (χ1n) is 5.96. The van der Waals surface area contributed by atoms with Crippen LogP contribution in [0.2, 0.25) is 10.0 Å². The van der Waals surface area contributed by atoms with Gasteiger partial charge < -0.3 is 5.32 Å². The Labute approximate surface area is 126 Å². The summed E-state index contributed by atoms with van der Waals surface area (Å²) in [7, 11) is 0. The van der Waals surface area contributed by atoms with E-state index in [0.29, 0.717) is 21.3 Å². The Hall–Kier alpha value is -1.58. The van der Waals surface area contributed by atoms with Crippen LogP contribution in [0.1, 0.15) is 11.1 Å². The Kier molecular flexibility index (Phi) is 4.63. The number of carbonyl (C=O) groups excluding carboxylic acids is 1. The minimum atomic E-state index is -0.328. The lowest BCUT2D eigenvalue weighted by Gasteiger charge is -2.10. The smallest absolute Gasteiger partial charge is 0.228 e. The van der Waals surface area contributed by atoms with Crippen LogP contribution >= 0.6 is 23.2 Å². The van der Waals surface area contributed by atoms with Crippen molar-refractivity contribution in [1.82, 2.24) is 0 Å². The van der Waals surface area contributed by atoms with E-state index in [4.69, 9.17) is 23.2 Å². The van der Waals surface area contributed by atoms with Gasteiger partial charge in [-0.15, -0.1) is 0 Å². The van der Waals surface area contributed by atoms with E-state index in [9.17, 15) is 9.18 Å². The van der Waals surface area contributed by atoms with Gasteiger partial charge in [0, 0.05) is 5.02 Å². The van der Waals surface area contributed by atoms with Crippen molar-refractivity contribution in [2.75, 3.05) is 5.32 Å². The highest BCUT2D eigenvalue weighted by Gasteiger charge is 2.10. The maximum Gasteiger partial charge on any atom is 0.228 e. The molecule has 1 N–H and O–H groups in total. The molecule has 0 spiro atoms. The van der Waals surface area contributed by atoms with Crippen LogP contribution in [0, 0.1) is 12.7 Å². The normalized spacial score (nSPS) is 10.4. The minimum absolute atomic E-state index is 0.151. The molecule has 20 heavy (non-hydrogen) atoms. The molecule has 0 aliphatic rings. The molecule has 0 aliphatic heterocycles. The maximum atomic E-state index is 12.8. The van der Waals surface area contributed by atoms with Crippen LogP contribution in [0.5, 0.6) is 0 Å². The summed E-state index contributed by atoms with van der Waals surface area (Å²) in [6.45, 7) is 1.78. The van der Waals surface area contributed by atoms with Gasteiger partial charge in [0.1, 0.15) is 5.82 Å². The molecule has 2 nitrogen and oxygen atoms in total. The molecule has 0 aliphatic carbocycles. The number of carbonyl (C=O) groups is 1. The first-order valence-corrected chi connectivity index (χ1v) is 6.72. The summed E-state index contributed by atoms with van der Waals surface area (Å²) in [5.74, 6) is -0.550. The Balaban J connectivity index is 2.08. The molecule has 0 saturated carbocycles. The molecule has 5 heteroatoms. The van der Waals surface area contributed by atoms with Gasteiger partial charge in [-0.1, -0.05) is 35.3 Å². The predicted molar refractivity (Wildman–Crippen MR) is 79.9 cm³/mol. The quantitative estimate of drug-likeness (QED) is 0.880. The number of halogens is 3. The summed E-state index contributed by atoms with van der Waals surface area (Å²) in [6, 6.07) is 9.12. The highest BCUT2D eigenvalue weighted by Crippen LogP contribution is 2.30. The zero-order valence-electron chi connectivity index (χ0n) is 10.7. The Morgan fingerprint density at radius 3 is 2.45 bits per heavy atom. The van der Waals surface area contributed by atoms with Gasteiger partial charge in [-0.25, -0.2) is 4.39 Å². The van der Waals surface area contributed by atoms with Crippen molar-refractivity contribution in [2.24, 2.45) is 0 Å². The van der Waals surface area contributed by atoms with Crippen molar-refractivity contribution >= 4 is 34.8 Å². The van der Waals surface area contributed by atoms with Gasteiger partial charge in [-0.2, -0.15) is 0 Å². The zero-order valence-corrected chi connectivity index (χ0v) is 12.2. The second-order valence-electron chi connectivity index (χ2n) is 4.39. The molecule has 0 radical (unpaired) electrons. The molecule has 2 rings (SSSR count). The average Bonchev–Trinajstić information content (AvgIpc) is 2.42. The Morgan fingerprint density at radius 1 is 1.15 bits per heavy atom.